The van der Waals surface area contributed by atoms with Crippen LogP contribution in [0.3, 0.4) is 0 Å². The van der Waals surface area contributed by atoms with Crippen LogP contribution in [0.4, 0.5) is 0 Å². The largest absolute Gasteiger partial charge is 0.492 e. The minimum atomic E-state index is -0.572. The predicted molar refractivity (Wildman–Crippen MR) is 163 cm³/mol. The molecule has 224 valence electrons. The van der Waals surface area contributed by atoms with E-state index in [4.69, 9.17) is 23.7 Å². The lowest BCUT2D eigenvalue weighted by Crippen LogP contribution is -2.33. The normalized spacial score (nSPS) is 13.4. The van der Waals surface area contributed by atoms with Crippen LogP contribution in [0.1, 0.15) is 40.0 Å². The van der Waals surface area contributed by atoms with Crippen LogP contribution in [0.25, 0.3) is 20.5 Å². The molecular formula is C33H33NO8S. The Morgan fingerprint density at radius 1 is 0.744 bits per heavy atom. The molecule has 1 aliphatic heterocycles. The van der Waals surface area contributed by atoms with Gasteiger partial charge in [-0.2, -0.15) is 0 Å². The first-order valence-electron chi connectivity index (χ1n) is 14.1. The first-order valence-corrected chi connectivity index (χ1v) is 15.0. The van der Waals surface area contributed by atoms with Gasteiger partial charge in [0.15, 0.2) is 17.2 Å². The number of thiophene rings is 1. The Morgan fingerprint density at radius 3 is 2.12 bits per heavy atom. The number of benzene rings is 3. The highest BCUT2D eigenvalue weighted by Gasteiger charge is 2.24. The maximum absolute atomic E-state index is 12.1. The summed E-state index contributed by atoms with van der Waals surface area (Å²) in [4.78, 5) is 38.5. The fourth-order valence-electron chi connectivity index (χ4n) is 4.94. The van der Waals surface area contributed by atoms with E-state index < -0.39 is 17.9 Å². The molecule has 0 saturated carbocycles. The zero-order chi connectivity index (χ0) is 30.3. The number of rotatable bonds is 10. The van der Waals surface area contributed by atoms with Crippen molar-refractivity contribution < 1.29 is 38.1 Å². The molecule has 0 radical (unpaired) electrons. The number of piperidine rings is 1. The number of hydrogen-bond acceptors (Lipinski definition) is 10. The van der Waals surface area contributed by atoms with Crippen LogP contribution in [0.15, 0.2) is 60.7 Å². The molecule has 0 amide bonds. The Morgan fingerprint density at radius 2 is 1.42 bits per heavy atom. The lowest BCUT2D eigenvalue weighted by molar-refractivity contribution is -0.134. The summed E-state index contributed by atoms with van der Waals surface area (Å²) in [5.41, 5.74) is 0.497. The van der Waals surface area contributed by atoms with Gasteiger partial charge in [-0.1, -0.05) is 12.5 Å². The SMILES string of the molecule is CC(=O)Oc1ccc2c(Oc3ccc(OCCN4CCCCC4)cc3)c(-c3cccc(OC(C)=O)c3OC(C)=O)sc2c1. The van der Waals surface area contributed by atoms with Crippen LogP contribution in [-0.4, -0.2) is 49.0 Å². The summed E-state index contributed by atoms with van der Waals surface area (Å²) < 4.78 is 29.4. The zero-order valence-electron chi connectivity index (χ0n) is 24.3. The Bertz CT molecular complexity index is 1620. The highest BCUT2D eigenvalue weighted by molar-refractivity contribution is 7.22. The molecule has 1 fully saturated rings. The average Bonchev–Trinajstić information content (AvgIpc) is 3.31. The summed E-state index contributed by atoms with van der Waals surface area (Å²) in [7, 11) is 0. The van der Waals surface area contributed by atoms with Crippen molar-refractivity contribution in [1.82, 2.24) is 4.90 Å². The molecule has 10 heteroatoms. The van der Waals surface area contributed by atoms with Crippen LogP contribution >= 0.6 is 11.3 Å². The van der Waals surface area contributed by atoms with E-state index in [-0.39, 0.29) is 11.5 Å². The molecule has 3 aromatic carbocycles. The molecule has 0 spiro atoms. The smallest absolute Gasteiger partial charge is 0.308 e. The van der Waals surface area contributed by atoms with Crippen LogP contribution in [0.2, 0.25) is 0 Å². The third-order valence-corrected chi connectivity index (χ3v) is 7.94. The van der Waals surface area contributed by atoms with Gasteiger partial charge >= 0.3 is 17.9 Å². The van der Waals surface area contributed by atoms with Gasteiger partial charge in [0.05, 0.1) is 4.88 Å². The van der Waals surface area contributed by atoms with Gasteiger partial charge in [-0.15, -0.1) is 11.3 Å². The number of likely N-dealkylation sites (tertiary alicyclic amines) is 1. The van der Waals surface area contributed by atoms with Crippen molar-refractivity contribution in [1.29, 1.82) is 0 Å². The van der Waals surface area contributed by atoms with Crippen molar-refractivity contribution in [3.05, 3.63) is 60.7 Å². The molecule has 0 bridgehead atoms. The van der Waals surface area contributed by atoms with E-state index in [2.05, 4.69) is 4.90 Å². The monoisotopic (exact) mass is 603 g/mol. The number of carbonyl (C=O) groups excluding carboxylic acids is 3. The van der Waals surface area contributed by atoms with E-state index in [0.717, 1.165) is 35.5 Å². The van der Waals surface area contributed by atoms with E-state index in [1.165, 1.54) is 51.4 Å². The molecule has 0 N–H and O–H groups in total. The van der Waals surface area contributed by atoms with Gasteiger partial charge < -0.3 is 23.7 Å². The van der Waals surface area contributed by atoms with Gasteiger partial charge in [0.25, 0.3) is 0 Å². The van der Waals surface area contributed by atoms with Crippen molar-refractivity contribution >= 4 is 39.3 Å². The number of nitrogens with zero attached hydrogens (tertiary/aromatic N) is 1. The third kappa shape index (κ3) is 7.71. The van der Waals surface area contributed by atoms with Crippen molar-refractivity contribution in [2.24, 2.45) is 0 Å². The fraction of sp³-hybridized carbons (Fsp3) is 0.303. The van der Waals surface area contributed by atoms with Crippen molar-refractivity contribution in [2.45, 2.75) is 40.0 Å². The summed E-state index contributed by atoms with van der Waals surface area (Å²) in [5.74, 6) is 0.850. The molecule has 0 aliphatic carbocycles. The molecule has 4 aromatic rings. The minimum Gasteiger partial charge on any atom is -0.492 e. The van der Waals surface area contributed by atoms with Gasteiger partial charge in [-0.05, 0) is 80.5 Å². The maximum Gasteiger partial charge on any atom is 0.308 e. The van der Waals surface area contributed by atoms with Gasteiger partial charge in [-0.25, -0.2) is 0 Å². The second-order valence-electron chi connectivity index (χ2n) is 10.2. The molecule has 43 heavy (non-hydrogen) atoms. The topological polar surface area (TPSA) is 101 Å². The summed E-state index contributed by atoms with van der Waals surface area (Å²) in [6.45, 7) is 7.65. The Hall–Kier alpha value is -4.41. The quantitative estimate of drug-likeness (QED) is 0.140. The van der Waals surface area contributed by atoms with Gasteiger partial charge in [-0.3, -0.25) is 19.3 Å². The van der Waals surface area contributed by atoms with E-state index >= 15 is 0 Å². The van der Waals surface area contributed by atoms with Gasteiger partial charge in [0, 0.05) is 43.0 Å². The molecular weight excluding hydrogens is 570 g/mol. The molecule has 5 rings (SSSR count). The van der Waals surface area contributed by atoms with Gasteiger partial charge in [0.1, 0.15) is 23.9 Å². The number of esters is 3. The van der Waals surface area contributed by atoms with Crippen molar-refractivity contribution in [3.63, 3.8) is 0 Å². The van der Waals surface area contributed by atoms with Crippen LogP contribution in [-0.2, 0) is 14.4 Å². The Balaban J connectivity index is 1.48. The lowest BCUT2D eigenvalue weighted by Gasteiger charge is -2.26. The van der Waals surface area contributed by atoms with Crippen LogP contribution < -0.4 is 23.7 Å². The molecule has 0 unspecified atom stereocenters. The molecule has 2 heterocycles. The first kappa shape index (κ1) is 30.1. The third-order valence-electron chi connectivity index (χ3n) is 6.77. The Labute approximate surface area is 253 Å². The second kappa shape index (κ2) is 13.7. The number of hydrogen-bond donors (Lipinski definition) is 0. The van der Waals surface area contributed by atoms with Crippen LogP contribution in [0.5, 0.6) is 34.5 Å². The van der Waals surface area contributed by atoms with E-state index in [9.17, 15) is 14.4 Å². The van der Waals surface area contributed by atoms with E-state index in [1.54, 1.807) is 30.3 Å². The highest BCUT2D eigenvalue weighted by atomic mass is 32.1. The second-order valence-corrected chi connectivity index (χ2v) is 11.2. The molecule has 1 aromatic heterocycles. The first-order chi connectivity index (χ1) is 20.8. The van der Waals surface area contributed by atoms with E-state index in [1.807, 2.05) is 30.3 Å². The summed E-state index contributed by atoms with van der Waals surface area (Å²) in [6, 6.07) is 17.7. The number of para-hydroxylation sites is 1. The van der Waals surface area contributed by atoms with Gasteiger partial charge in [0.2, 0.25) is 0 Å². The summed E-state index contributed by atoms with van der Waals surface area (Å²) in [6.07, 6.45) is 3.79. The van der Waals surface area contributed by atoms with Crippen molar-refractivity contribution in [2.75, 3.05) is 26.2 Å². The fourth-order valence-corrected chi connectivity index (χ4v) is 6.12. The molecule has 9 nitrogen and oxygen atoms in total. The highest BCUT2D eigenvalue weighted by Crippen LogP contribution is 2.51. The number of carbonyl (C=O) groups is 3. The van der Waals surface area contributed by atoms with E-state index in [0.29, 0.717) is 34.3 Å². The maximum atomic E-state index is 12.1. The zero-order valence-corrected chi connectivity index (χ0v) is 25.2. The summed E-state index contributed by atoms with van der Waals surface area (Å²) >= 11 is 1.36. The molecule has 1 saturated heterocycles. The van der Waals surface area contributed by atoms with Crippen LogP contribution in [0, 0.1) is 0 Å². The van der Waals surface area contributed by atoms with Crippen molar-refractivity contribution in [3.8, 4) is 44.9 Å². The number of fused-ring (bicyclic) bond motifs is 1. The number of ether oxygens (including phenoxy) is 5. The minimum absolute atomic E-state index is 0.0965. The standard InChI is InChI=1S/C33H33NO8S/c1-21(35)39-26-14-15-27-30(20-26)43-33(28-8-7-9-29(40-22(2)36)31(28)41-23(3)37)32(27)42-25-12-10-24(11-13-25)38-19-18-34-16-5-4-6-17-34/h7-15,20H,4-6,16-19H2,1-3H3. The molecule has 1 aliphatic rings. The Kier molecular flexibility index (Phi) is 9.58. The lowest BCUT2D eigenvalue weighted by atomic mass is 10.1. The summed E-state index contributed by atoms with van der Waals surface area (Å²) in [5, 5.41) is 0.754. The molecule has 0 atom stereocenters. The predicted octanol–water partition coefficient (Wildman–Crippen LogP) is 7.00. The average molecular weight is 604 g/mol.